The number of benzene rings is 2. The maximum absolute atomic E-state index is 5.63. The van der Waals surface area contributed by atoms with E-state index in [1.165, 1.54) is 5.56 Å². The normalized spacial score (nSPS) is 17.6. The molecule has 27 heavy (non-hydrogen) atoms. The lowest BCUT2D eigenvalue weighted by atomic mass is 10.1. The summed E-state index contributed by atoms with van der Waals surface area (Å²) in [5.74, 6) is 1.34. The van der Waals surface area contributed by atoms with E-state index in [2.05, 4.69) is 31.1 Å². The van der Waals surface area contributed by atoms with E-state index in [1.54, 1.807) is 12.4 Å². The van der Waals surface area contributed by atoms with Crippen molar-refractivity contribution in [2.75, 3.05) is 6.54 Å². The smallest absolute Gasteiger partial charge is 0.244 e. The molecule has 6 nitrogen and oxygen atoms in total. The van der Waals surface area contributed by atoms with E-state index < -0.39 is 0 Å². The number of nitrogens with zero attached hydrogens (tertiary/aromatic N) is 5. The first-order chi connectivity index (χ1) is 13.4. The monoisotopic (exact) mass is 357 g/mol. The maximum atomic E-state index is 5.63. The molecule has 6 heteroatoms. The van der Waals surface area contributed by atoms with Crippen LogP contribution in [0.15, 0.2) is 65.4 Å². The second-order valence-corrected chi connectivity index (χ2v) is 6.79. The lowest BCUT2D eigenvalue weighted by molar-refractivity contribution is 0.201. The number of likely N-dealkylation sites (tertiary alicyclic amines) is 1. The molecule has 134 valence electrons. The van der Waals surface area contributed by atoms with Gasteiger partial charge in [-0.2, -0.15) is 4.98 Å². The first-order valence-electron chi connectivity index (χ1n) is 9.20. The summed E-state index contributed by atoms with van der Waals surface area (Å²) in [6.45, 7) is 1.80. The van der Waals surface area contributed by atoms with E-state index in [0.717, 1.165) is 42.5 Å². The van der Waals surface area contributed by atoms with E-state index in [1.807, 2.05) is 42.5 Å². The topological polar surface area (TPSA) is 67.9 Å². The minimum atomic E-state index is 0.141. The van der Waals surface area contributed by atoms with Crippen molar-refractivity contribution in [1.29, 1.82) is 0 Å². The number of hydrogen-bond donors (Lipinski definition) is 0. The van der Waals surface area contributed by atoms with Gasteiger partial charge in [0, 0.05) is 24.5 Å². The van der Waals surface area contributed by atoms with Gasteiger partial charge in [-0.15, -0.1) is 0 Å². The van der Waals surface area contributed by atoms with Gasteiger partial charge in [-0.3, -0.25) is 14.9 Å². The van der Waals surface area contributed by atoms with Crippen LogP contribution in [-0.2, 0) is 6.54 Å². The Bertz CT molecular complexity index is 1060. The van der Waals surface area contributed by atoms with Crippen LogP contribution < -0.4 is 0 Å². The molecule has 1 fully saturated rings. The molecule has 0 saturated carbocycles. The van der Waals surface area contributed by atoms with Crippen LogP contribution in [0.5, 0.6) is 0 Å². The molecule has 0 bridgehead atoms. The number of rotatable bonds is 4. The molecule has 0 unspecified atom stereocenters. The molecule has 1 atom stereocenters. The Morgan fingerprint density at radius 3 is 2.81 bits per heavy atom. The van der Waals surface area contributed by atoms with E-state index in [-0.39, 0.29) is 6.04 Å². The van der Waals surface area contributed by atoms with Crippen molar-refractivity contribution >= 4 is 11.0 Å². The summed E-state index contributed by atoms with van der Waals surface area (Å²) in [7, 11) is 0. The minimum Gasteiger partial charge on any atom is -0.337 e. The van der Waals surface area contributed by atoms with Gasteiger partial charge >= 0.3 is 0 Å². The maximum Gasteiger partial charge on any atom is 0.244 e. The average Bonchev–Trinajstić information content (AvgIpc) is 3.38. The van der Waals surface area contributed by atoms with Crippen LogP contribution in [0, 0.1) is 0 Å². The summed E-state index contributed by atoms with van der Waals surface area (Å²) in [5, 5.41) is 4.19. The van der Waals surface area contributed by atoms with Crippen LogP contribution in [0.3, 0.4) is 0 Å². The summed E-state index contributed by atoms with van der Waals surface area (Å²) in [6, 6.07) is 16.2. The summed E-state index contributed by atoms with van der Waals surface area (Å²) < 4.78 is 5.63. The van der Waals surface area contributed by atoms with Crippen LogP contribution >= 0.6 is 0 Å². The Morgan fingerprint density at radius 2 is 1.89 bits per heavy atom. The molecule has 1 saturated heterocycles. The zero-order valence-electron chi connectivity index (χ0n) is 14.8. The van der Waals surface area contributed by atoms with Crippen LogP contribution in [0.2, 0.25) is 0 Å². The number of hydrogen-bond acceptors (Lipinski definition) is 6. The highest BCUT2D eigenvalue weighted by Gasteiger charge is 2.31. The average molecular weight is 357 g/mol. The summed E-state index contributed by atoms with van der Waals surface area (Å²) >= 11 is 0. The van der Waals surface area contributed by atoms with Crippen LogP contribution in [0.25, 0.3) is 22.4 Å². The van der Waals surface area contributed by atoms with E-state index in [9.17, 15) is 0 Å². The van der Waals surface area contributed by atoms with E-state index >= 15 is 0 Å². The van der Waals surface area contributed by atoms with Crippen LogP contribution in [0.4, 0.5) is 0 Å². The molecule has 2 aromatic carbocycles. The second kappa shape index (κ2) is 6.89. The van der Waals surface area contributed by atoms with Crippen molar-refractivity contribution in [2.24, 2.45) is 0 Å². The van der Waals surface area contributed by atoms with Gasteiger partial charge in [-0.1, -0.05) is 47.6 Å². The number of para-hydroxylation sites is 1. The molecule has 5 rings (SSSR count). The van der Waals surface area contributed by atoms with Gasteiger partial charge in [-0.05, 0) is 31.0 Å². The van der Waals surface area contributed by atoms with E-state index in [0.29, 0.717) is 11.7 Å². The van der Waals surface area contributed by atoms with Crippen molar-refractivity contribution in [2.45, 2.75) is 25.4 Å². The number of aromatic nitrogens is 4. The van der Waals surface area contributed by atoms with Gasteiger partial charge in [0.1, 0.15) is 0 Å². The van der Waals surface area contributed by atoms with Gasteiger partial charge in [0.15, 0.2) is 0 Å². The summed E-state index contributed by atoms with van der Waals surface area (Å²) in [5.41, 5.74) is 4.03. The van der Waals surface area contributed by atoms with Gasteiger partial charge in [0.05, 0.1) is 17.1 Å². The highest BCUT2D eigenvalue weighted by molar-refractivity contribution is 5.77. The number of fused-ring (bicyclic) bond motifs is 1. The lowest BCUT2D eigenvalue weighted by Crippen LogP contribution is -2.23. The van der Waals surface area contributed by atoms with Crippen LogP contribution in [-0.4, -0.2) is 31.6 Å². The molecule has 2 aromatic heterocycles. The first kappa shape index (κ1) is 16.1. The fourth-order valence-corrected chi connectivity index (χ4v) is 3.77. The van der Waals surface area contributed by atoms with Crippen molar-refractivity contribution in [3.63, 3.8) is 0 Å². The Hall–Kier alpha value is -3.12. The second-order valence-electron chi connectivity index (χ2n) is 6.79. The molecule has 0 amide bonds. The van der Waals surface area contributed by atoms with Gasteiger partial charge < -0.3 is 4.52 Å². The molecule has 0 spiro atoms. The Balaban J connectivity index is 1.42. The molecular weight excluding hydrogens is 338 g/mol. The zero-order valence-corrected chi connectivity index (χ0v) is 14.8. The highest BCUT2D eigenvalue weighted by atomic mass is 16.5. The Morgan fingerprint density at radius 1 is 1.00 bits per heavy atom. The van der Waals surface area contributed by atoms with Crippen LogP contribution in [0.1, 0.15) is 30.3 Å². The Labute approximate surface area is 156 Å². The SMILES string of the molecule is c1ccc(-c2noc([C@@H]3CCCN3Cc3cccc4nccnc34)n2)cc1. The van der Waals surface area contributed by atoms with Gasteiger partial charge in [0.2, 0.25) is 11.7 Å². The molecular formula is C21H19N5O. The predicted molar refractivity (Wildman–Crippen MR) is 102 cm³/mol. The molecule has 3 heterocycles. The fraction of sp³-hybridized carbons (Fsp3) is 0.238. The zero-order chi connectivity index (χ0) is 18.1. The fourth-order valence-electron chi connectivity index (χ4n) is 3.77. The third kappa shape index (κ3) is 3.08. The minimum absolute atomic E-state index is 0.141. The van der Waals surface area contributed by atoms with Gasteiger partial charge in [-0.25, -0.2) is 0 Å². The predicted octanol–water partition coefficient (Wildman–Crippen LogP) is 4.02. The van der Waals surface area contributed by atoms with Crippen molar-refractivity contribution in [1.82, 2.24) is 25.0 Å². The quantitative estimate of drug-likeness (QED) is 0.549. The molecule has 1 aliphatic rings. The third-order valence-electron chi connectivity index (χ3n) is 5.08. The largest absolute Gasteiger partial charge is 0.337 e. The van der Waals surface area contributed by atoms with Gasteiger partial charge in [0.25, 0.3) is 0 Å². The van der Waals surface area contributed by atoms with Crippen molar-refractivity contribution in [3.05, 3.63) is 72.4 Å². The first-order valence-corrected chi connectivity index (χ1v) is 9.20. The molecule has 1 aliphatic heterocycles. The summed E-state index contributed by atoms with van der Waals surface area (Å²) in [4.78, 5) is 16.0. The highest BCUT2D eigenvalue weighted by Crippen LogP contribution is 2.33. The molecule has 0 N–H and O–H groups in total. The standard InChI is InChI=1S/C21H19N5O/c1-2-6-15(7-3-1)20-24-21(27-25-20)18-10-5-13-26(18)14-16-8-4-9-17-19(16)23-12-11-22-17/h1-4,6-9,11-12,18H,5,10,13-14H2/t18-/m0/s1. The third-order valence-corrected chi connectivity index (χ3v) is 5.08. The van der Waals surface area contributed by atoms with E-state index in [4.69, 9.17) is 4.52 Å². The summed E-state index contributed by atoms with van der Waals surface area (Å²) in [6.07, 6.45) is 5.61. The molecule has 0 radical (unpaired) electrons. The molecule has 4 aromatic rings. The van der Waals surface area contributed by atoms with Crippen molar-refractivity contribution in [3.8, 4) is 11.4 Å². The Kier molecular flexibility index (Phi) is 4.10. The lowest BCUT2D eigenvalue weighted by Gasteiger charge is -2.21. The van der Waals surface area contributed by atoms with Crippen molar-refractivity contribution < 1.29 is 4.52 Å². The molecule has 0 aliphatic carbocycles.